The standard InChI is InChI=1S/C34H39ClN2O2.BF3.FH/c1-26-6-10-28(11-7-26)32(36-18-22-38-23-19-36)16-14-30-4-3-5-31(34(30)35)15-17-33(37-20-24-39-25-21-37)29-12-8-27(2)9-13-29;2-1(3)4;/h6-18H,3-5,19-25H2,1-2H3;;1H/q+2;;/p-1/b17-15+,30-14+,32-16-;;. The van der Waals surface area contributed by atoms with Crippen molar-refractivity contribution >= 4 is 36.8 Å². The van der Waals surface area contributed by atoms with Crippen LogP contribution in [0.15, 0.2) is 89.0 Å². The molecule has 0 atom stereocenters. The molecule has 2 aliphatic heterocycles. The summed E-state index contributed by atoms with van der Waals surface area (Å²) in [7, 11) is -3.67. The Morgan fingerprint density at radius 1 is 0.841 bits per heavy atom. The van der Waals surface area contributed by atoms with Gasteiger partial charge in [0.1, 0.15) is 26.4 Å². The summed E-state index contributed by atoms with van der Waals surface area (Å²) < 4.78 is 44.9. The number of morpholine rings is 1. The fourth-order valence-corrected chi connectivity index (χ4v) is 5.58. The van der Waals surface area contributed by atoms with Crippen LogP contribution in [-0.4, -0.2) is 74.7 Å². The zero-order valence-electron chi connectivity index (χ0n) is 25.3. The number of hydrogen-bond donors (Lipinski definition) is 0. The molecule has 1 fully saturated rings. The summed E-state index contributed by atoms with van der Waals surface area (Å²) in [5, 5.41) is 0.883. The first-order chi connectivity index (χ1) is 20.8. The number of hydrogen-bond acceptors (Lipinski definition) is 2. The molecule has 0 saturated carbocycles. The molecular weight excluding hydrogens is 591 g/mol. The predicted octanol–water partition coefficient (Wildman–Crippen LogP) is 4.33. The number of rotatable bonds is 6. The zero-order valence-corrected chi connectivity index (χ0v) is 26.0. The Hall–Kier alpha value is -3.27. The number of benzene rings is 2. The van der Waals surface area contributed by atoms with Gasteiger partial charge in [-0.2, -0.15) is 4.58 Å². The molecule has 2 aromatic rings. The maximum absolute atomic E-state index is 9.67. The van der Waals surface area contributed by atoms with Crippen molar-refractivity contribution in [2.75, 3.05) is 46.1 Å². The molecule has 3 aliphatic rings. The summed E-state index contributed by atoms with van der Waals surface area (Å²) >= 11 is 7.07. The van der Waals surface area contributed by atoms with Crippen molar-refractivity contribution in [3.63, 3.8) is 0 Å². The lowest BCUT2D eigenvalue weighted by Gasteiger charge is -2.17. The largest absolute Gasteiger partial charge is 1.00 e. The van der Waals surface area contributed by atoms with E-state index in [1.54, 1.807) is 0 Å². The van der Waals surface area contributed by atoms with Crippen LogP contribution in [0.1, 0.15) is 41.5 Å². The van der Waals surface area contributed by atoms with Gasteiger partial charge in [0.15, 0.2) is 25.8 Å². The Labute approximate surface area is 263 Å². The Morgan fingerprint density at radius 2 is 1.43 bits per heavy atom. The first kappa shape index (κ1) is 35.2. The molecule has 0 bridgehead atoms. The molecule has 1 aliphatic carbocycles. The lowest BCUT2D eigenvalue weighted by molar-refractivity contribution is -0.548. The van der Waals surface area contributed by atoms with Crippen LogP contribution in [0, 0.1) is 13.8 Å². The zero-order chi connectivity index (χ0) is 30.6. The maximum Gasteiger partial charge on any atom is 0.762 e. The van der Waals surface area contributed by atoms with E-state index >= 15 is 0 Å². The number of halogens is 5. The van der Waals surface area contributed by atoms with Gasteiger partial charge in [0, 0.05) is 28.3 Å². The van der Waals surface area contributed by atoms with Crippen molar-refractivity contribution in [3.8, 4) is 0 Å². The molecular formula is C34H39BClF4N2O2+. The van der Waals surface area contributed by atoms with E-state index in [-0.39, 0.29) is 4.70 Å². The highest BCUT2D eigenvalue weighted by Gasteiger charge is 2.21. The van der Waals surface area contributed by atoms with Crippen molar-refractivity contribution in [2.24, 2.45) is 0 Å². The Morgan fingerprint density at radius 3 is 2.02 bits per heavy atom. The molecule has 234 valence electrons. The number of nitrogens with zero attached hydrogens (tertiary/aromatic N) is 2. The van der Waals surface area contributed by atoms with Gasteiger partial charge in [-0.1, -0.05) is 59.1 Å². The summed E-state index contributed by atoms with van der Waals surface area (Å²) in [6.45, 7) is 9.79. The van der Waals surface area contributed by atoms with E-state index in [1.165, 1.54) is 44.8 Å². The molecule has 44 heavy (non-hydrogen) atoms. The van der Waals surface area contributed by atoms with Gasteiger partial charge < -0.3 is 14.2 Å². The Balaban J connectivity index is 0.000000998. The van der Waals surface area contributed by atoms with Crippen LogP contribution in [0.5, 0.6) is 0 Å². The molecule has 0 N–H and O–H groups in total. The SMILES string of the molecule is Cc1ccc(C(/C=C/C2=C(Cl)C(=C/C=C(/c3ccc(C)cc3)[N+]3=CCOCC3)/CCC2)=[N+]2CCOCC2)cc1.FB(F)F.[F-]. The van der Waals surface area contributed by atoms with E-state index in [4.69, 9.17) is 21.1 Å². The maximum atomic E-state index is 9.67. The first-order valence-corrected chi connectivity index (χ1v) is 15.1. The average Bonchev–Trinajstić information content (AvgIpc) is 3.01. The lowest BCUT2D eigenvalue weighted by Crippen LogP contribution is -3.00. The van der Waals surface area contributed by atoms with Crippen LogP contribution in [0.25, 0.3) is 5.70 Å². The third kappa shape index (κ3) is 10.4. The molecule has 0 aromatic heterocycles. The van der Waals surface area contributed by atoms with Crippen LogP contribution in [0.3, 0.4) is 0 Å². The van der Waals surface area contributed by atoms with Crippen LogP contribution < -0.4 is 4.70 Å². The highest BCUT2D eigenvalue weighted by molar-refractivity contribution is 6.33. The normalized spacial score (nSPS) is 18.4. The van der Waals surface area contributed by atoms with E-state index in [2.05, 4.69) is 102 Å². The van der Waals surface area contributed by atoms with E-state index in [0.29, 0.717) is 6.61 Å². The van der Waals surface area contributed by atoms with Gasteiger partial charge >= 0.3 is 7.54 Å². The summed E-state index contributed by atoms with van der Waals surface area (Å²) in [6.07, 6.45) is 14.1. The Bertz CT molecular complexity index is 1420. The summed E-state index contributed by atoms with van der Waals surface area (Å²) in [5.41, 5.74) is 9.78. The fraction of sp³-hybridized carbons (Fsp3) is 0.353. The van der Waals surface area contributed by atoms with E-state index < -0.39 is 7.54 Å². The molecule has 4 nitrogen and oxygen atoms in total. The summed E-state index contributed by atoms with van der Waals surface area (Å²) in [6, 6.07) is 17.5. The second-order valence-corrected chi connectivity index (χ2v) is 11.1. The molecule has 5 rings (SSSR count). The van der Waals surface area contributed by atoms with Crippen molar-refractivity contribution in [2.45, 2.75) is 33.1 Å². The summed E-state index contributed by atoms with van der Waals surface area (Å²) in [4.78, 5) is 0. The van der Waals surface area contributed by atoms with Gasteiger partial charge in [-0.15, -0.1) is 0 Å². The molecule has 2 aromatic carbocycles. The minimum Gasteiger partial charge on any atom is -1.00 e. The van der Waals surface area contributed by atoms with E-state index in [0.717, 1.165) is 63.7 Å². The van der Waals surface area contributed by atoms with Crippen LogP contribution in [-0.2, 0) is 9.47 Å². The van der Waals surface area contributed by atoms with Gasteiger partial charge in [0.05, 0.1) is 0 Å². The quantitative estimate of drug-likeness (QED) is 0.270. The number of ether oxygens (including phenoxy) is 2. The third-order valence-electron chi connectivity index (χ3n) is 7.59. The predicted molar refractivity (Wildman–Crippen MR) is 170 cm³/mol. The average molecular weight is 630 g/mol. The van der Waals surface area contributed by atoms with Gasteiger partial charge in [0.2, 0.25) is 11.4 Å². The van der Waals surface area contributed by atoms with Gasteiger partial charge in [0.25, 0.3) is 0 Å². The van der Waals surface area contributed by atoms with Crippen LogP contribution in [0.4, 0.5) is 12.9 Å². The summed E-state index contributed by atoms with van der Waals surface area (Å²) in [5.74, 6) is 0. The third-order valence-corrected chi connectivity index (χ3v) is 8.07. The van der Waals surface area contributed by atoms with E-state index in [9.17, 15) is 12.9 Å². The Kier molecular flexibility index (Phi) is 14.3. The van der Waals surface area contributed by atoms with Crippen molar-refractivity contribution in [1.29, 1.82) is 0 Å². The second-order valence-electron chi connectivity index (χ2n) is 10.7. The molecule has 1 saturated heterocycles. The second kappa shape index (κ2) is 17.9. The monoisotopic (exact) mass is 629 g/mol. The first-order valence-electron chi connectivity index (χ1n) is 14.7. The molecule has 2 heterocycles. The minimum atomic E-state index is -3.67. The van der Waals surface area contributed by atoms with Crippen molar-refractivity contribution < 1.29 is 36.3 Å². The van der Waals surface area contributed by atoms with Gasteiger partial charge in [-0.3, -0.25) is 12.9 Å². The number of allylic oxidation sites excluding steroid dienone is 7. The lowest BCUT2D eigenvalue weighted by atomic mass is 9.93. The molecule has 0 radical (unpaired) electrons. The molecule has 0 unspecified atom stereocenters. The van der Waals surface area contributed by atoms with Crippen LogP contribution in [0.2, 0.25) is 0 Å². The van der Waals surface area contributed by atoms with Crippen LogP contribution >= 0.6 is 11.6 Å². The molecule has 0 amide bonds. The minimum absolute atomic E-state index is 0. The number of aryl methyl sites for hydroxylation is 2. The topological polar surface area (TPSA) is 24.5 Å². The van der Waals surface area contributed by atoms with E-state index in [1.807, 2.05) is 0 Å². The highest BCUT2D eigenvalue weighted by Crippen LogP contribution is 2.34. The smallest absolute Gasteiger partial charge is 0.762 e. The fourth-order valence-electron chi connectivity index (χ4n) is 5.26. The van der Waals surface area contributed by atoms with Gasteiger partial charge in [-0.25, -0.2) is 4.58 Å². The van der Waals surface area contributed by atoms with Gasteiger partial charge in [-0.05, 0) is 68.5 Å². The molecule has 10 heteroatoms. The van der Waals surface area contributed by atoms with Crippen molar-refractivity contribution in [1.82, 2.24) is 0 Å². The van der Waals surface area contributed by atoms with Crippen molar-refractivity contribution in [3.05, 3.63) is 111 Å². The molecule has 0 spiro atoms. The highest BCUT2D eigenvalue weighted by atomic mass is 35.5.